The van der Waals surface area contributed by atoms with Crippen molar-refractivity contribution in [1.82, 2.24) is 5.32 Å². The summed E-state index contributed by atoms with van der Waals surface area (Å²) in [6, 6.07) is 8.11. The molecule has 2 N–H and O–H groups in total. The minimum Gasteiger partial charge on any atom is -0.360 e. The minimum atomic E-state index is -0.285. The van der Waals surface area contributed by atoms with Gasteiger partial charge in [-0.15, -0.1) is 0 Å². The Labute approximate surface area is 132 Å². The zero-order chi connectivity index (χ0) is 15.9. The first-order valence-electron chi connectivity index (χ1n) is 7.85. The van der Waals surface area contributed by atoms with Crippen LogP contribution in [0.4, 0.5) is 5.69 Å². The topological polar surface area (TPSA) is 64.9 Å². The molecule has 2 rings (SSSR count). The molecule has 0 saturated heterocycles. The fourth-order valence-electron chi connectivity index (χ4n) is 2.72. The maximum atomic E-state index is 12.2. The Morgan fingerprint density at radius 1 is 1.27 bits per heavy atom. The number of carbonyl (C=O) groups excluding carboxylic acids is 1. The van der Waals surface area contributed by atoms with Gasteiger partial charge in [-0.1, -0.05) is 31.4 Å². The highest BCUT2D eigenvalue weighted by atomic mass is 16.1. The molecule has 1 aliphatic carbocycles. The summed E-state index contributed by atoms with van der Waals surface area (Å²) < 4.78 is 0. The summed E-state index contributed by atoms with van der Waals surface area (Å²) in [4.78, 5) is 12.2. The number of anilines is 1. The second kappa shape index (κ2) is 7.65. The van der Waals surface area contributed by atoms with E-state index in [1.54, 1.807) is 0 Å². The molecular weight excluding hydrogens is 274 g/mol. The maximum absolute atomic E-state index is 12.2. The van der Waals surface area contributed by atoms with Crippen molar-refractivity contribution in [2.75, 3.05) is 5.32 Å². The molecule has 0 atom stereocenters. The van der Waals surface area contributed by atoms with Crippen LogP contribution in [0.2, 0.25) is 0 Å². The molecule has 1 fully saturated rings. The lowest BCUT2D eigenvalue weighted by atomic mass is 9.95. The van der Waals surface area contributed by atoms with Crippen molar-refractivity contribution in [3.63, 3.8) is 0 Å². The quantitative estimate of drug-likeness (QED) is 0.659. The van der Waals surface area contributed by atoms with E-state index >= 15 is 0 Å². The number of benzene rings is 1. The molecule has 1 saturated carbocycles. The average Bonchev–Trinajstić information content (AvgIpc) is 2.53. The zero-order valence-electron chi connectivity index (χ0n) is 13.3. The van der Waals surface area contributed by atoms with Crippen molar-refractivity contribution in [3.05, 3.63) is 41.1 Å². The van der Waals surface area contributed by atoms with Gasteiger partial charge in [0.15, 0.2) is 0 Å². The lowest BCUT2D eigenvalue weighted by Gasteiger charge is -2.22. The largest absolute Gasteiger partial charge is 0.360 e. The molecule has 0 aromatic heterocycles. The van der Waals surface area contributed by atoms with Crippen LogP contribution >= 0.6 is 0 Å². The van der Waals surface area contributed by atoms with Crippen molar-refractivity contribution < 1.29 is 4.79 Å². The number of nitrogens with zero attached hydrogens (tertiary/aromatic N) is 1. The van der Waals surface area contributed by atoms with Crippen molar-refractivity contribution in [3.8, 4) is 6.07 Å². The number of rotatable bonds is 4. The van der Waals surface area contributed by atoms with E-state index in [0.717, 1.165) is 36.9 Å². The van der Waals surface area contributed by atoms with E-state index in [-0.39, 0.29) is 17.5 Å². The fraction of sp³-hybridized carbons (Fsp3) is 0.444. The van der Waals surface area contributed by atoms with Gasteiger partial charge in [-0.2, -0.15) is 5.26 Å². The van der Waals surface area contributed by atoms with Crippen LogP contribution in [0.1, 0.15) is 43.2 Å². The predicted molar refractivity (Wildman–Crippen MR) is 88.3 cm³/mol. The van der Waals surface area contributed by atoms with E-state index in [0.29, 0.717) is 0 Å². The monoisotopic (exact) mass is 297 g/mol. The van der Waals surface area contributed by atoms with E-state index in [1.807, 2.05) is 38.1 Å². The van der Waals surface area contributed by atoms with Crippen LogP contribution in [0.5, 0.6) is 0 Å². The van der Waals surface area contributed by atoms with Crippen LogP contribution in [0.25, 0.3) is 0 Å². The van der Waals surface area contributed by atoms with Gasteiger partial charge in [0.05, 0.1) is 0 Å². The van der Waals surface area contributed by atoms with Crippen LogP contribution in [-0.2, 0) is 4.79 Å². The van der Waals surface area contributed by atoms with Gasteiger partial charge in [-0.05, 0) is 43.9 Å². The highest BCUT2D eigenvalue weighted by Gasteiger charge is 2.18. The smallest absolute Gasteiger partial charge is 0.263 e. The van der Waals surface area contributed by atoms with E-state index in [1.165, 1.54) is 18.2 Å². The number of nitriles is 1. The molecule has 0 radical (unpaired) electrons. The van der Waals surface area contributed by atoms with Gasteiger partial charge in [0.25, 0.3) is 5.91 Å². The molecule has 4 heteroatoms. The number of nitrogens with one attached hydrogen (secondary N) is 2. The first-order valence-corrected chi connectivity index (χ1v) is 7.85. The number of carbonyl (C=O) groups is 1. The Hall–Kier alpha value is -2.28. The molecule has 0 heterocycles. The molecule has 0 bridgehead atoms. The van der Waals surface area contributed by atoms with Gasteiger partial charge in [0.2, 0.25) is 0 Å². The third-order valence-electron chi connectivity index (χ3n) is 4.28. The first kappa shape index (κ1) is 16.1. The standard InChI is InChI=1S/C18H23N3O/c1-13-7-6-10-17(14(13)2)20-12-15(11-19)18(22)21-16-8-4-3-5-9-16/h6-7,10,12,16,20H,3-5,8-9H2,1-2H3,(H,21,22)/b15-12-. The summed E-state index contributed by atoms with van der Waals surface area (Å²) in [5.74, 6) is -0.285. The normalized spacial score (nSPS) is 16.0. The number of hydrogen-bond acceptors (Lipinski definition) is 3. The Morgan fingerprint density at radius 3 is 2.68 bits per heavy atom. The van der Waals surface area contributed by atoms with Crippen LogP contribution < -0.4 is 10.6 Å². The molecule has 1 aromatic carbocycles. The highest BCUT2D eigenvalue weighted by molar-refractivity contribution is 5.97. The number of aryl methyl sites for hydroxylation is 1. The van der Waals surface area contributed by atoms with E-state index in [2.05, 4.69) is 10.6 Å². The second-order valence-electron chi connectivity index (χ2n) is 5.87. The van der Waals surface area contributed by atoms with Gasteiger partial charge in [-0.25, -0.2) is 0 Å². The summed E-state index contributed by atoms with van der Waals surface area (Å²) in [5, 5.41) is 15.2. The fourth-order valence-corrected chi connectivity index (χ4v) is 2.72. The van der Waals surface area contributed by atoms with E-state index in [4.69, 9.17) is 0 Å². The van der Waals surface area contributed by atoms with Gasteiger partial charge >= 0.3 is 0 Å². The van der Waals surface area contributed by atoms with Crippen molar-refractivity contribution >= 4 is 11.6 Å². The van der Waals surface area contributed by atoms with Crippen LogP contribution in [0.3, 0.4) is 0 Å². The third kappa shape index (κ3) is 4.11. The van der Waals surface area contributed by atoms with Gasteiger partial charge < -0.3 is 10.6 Å². The highest BCUT2D eigenvalue weighted by Crippen LogP contribution is 2.19. The maximum Gasteiger partial charge on any atom is 0.263 e. The Morgan fingerprint density at radius 2 is 2.00 bits per heavy atom. The van der Waals surface area contributed by atoms with Gasteiger partial charge in [-0.3, -0.25) is 4.79 Å². The van der Waals surface area contributed by atoms with Gasteiger partial charge in [0, 0.05) is 17.9 Å². The molecule has 0 spiro atoms. The second-order valence-corrected chi connectivity index (χ2v) is 5.87. The molecule has 116 valence electrons. The lowest BCUT2D eigenvalue weighted by Crippen LogP contribution is -2.37. The average molecular weight is 297 g/mol. The Bertz CT molecular complexity index is 607. The van der Waals surface area contributed by atoms with Crippen molar-refractivity contribution in [1.29, 1.82) is 5.26 Å². The first-order chi connectivity index (χ1) is 10.6. The van der Waals surface area contributed by atoms with Crippen LogP contribution in [0, 0.1) is 25.2 Å². The molecule has 1 aliphatic rings. The van der Waals surface area contributed by atoms with Crippen molar-refractivity contribution in [2.45, 2.75) is 52.0 Å². The number of hydrogen-bond donors (Lipinski definition) is 2. The number of amides is 1. The Balaban J connectivity index is 2.02. The van der Waals surface area contributed by atoms with Crippen LogP contribution in [0.15, 0.2) is 30.0 Å². The minimum absolute atomic E-state index is 0.117. The summed E-state index contributed by atoms with van der Waals surface area (Å²) in [6.45, 7) is 4.05. The summed E-state index contributed by atoms with van der Waals surface area (Å²) in [5.41, 5.74) is 3.32. The van der Waals surface area contributed by atoms with E-state index in [9.17, 15) is 10.1 Å². The SMILES string of the molecule is Cc1cccc(N/C=C(/C#N)C(=O)NC2CCCCC2)c1C. The predicted octanol–water partition coefficient (Wildman–Crippen LogP) is 3.57. The molecular formula is C18H23N3O. The molecule has 22 heavy (non-hydrogen) atoms. The molecule has 0 unspecified atom stereocenters. The Kier molecular flexibility index (Phi) is 5.60. The van der Waals surface area contributed by atoms with Gasteiger partial charge in [0.1, 0.15) is 11.6 Å². The van der Waals surface area contributed by atoms with Crippen LogP contribution in [-0.4, -0.2) is 11.9 Å². The van der Waals surface area contributed by atoms with E-state index < -0.39 is 0 Å². The summed E-state index contributed by atoms with van der Waals surface area (Å²) in [7, 11) is 0. The molecule has 4 nitrogen and oxygen atoms in total. The molecule has 0 aliphatic heterocycles. The third-order valence-corrected chi connectivity index (χ3v) is 4.28. The zero-order valence-corrected chi connectivity index (χ0v) is 13.3. The van der Waals surface area contributed by atoms with Crippen molar-refractivity contribution in [2.24, 2.45) is 0 Å². The molecule has 1 amide bonds. The molecule has 1 aromatic rings. The lowest BCUT2D eigenvalue weighted by molar-refractivity contribution is -0.118. The summed E-state index contributed by atoms with van der Waals surface area (Å²) in [6.07, 6.45) is 7.06. The summed E-state index contributed by atoms with van der Waals surface area (Å²) >= 11 is 0.